The van der Waals surface area contributed by atoms with E-state index in [9.17, 15) is 4.79 Å². The maximum atomic E-state index is 10.9. The minimum atomic E-state index is -0.0812. The minimum absolute atomic E-state index is 0.0812. The second kappa shape index (κ2) is 5.99. The van der Waals surface area contributed by atoms with Crippen LogP contribution in [-0.2, 0) is 4.79 Å². The molecule has 19 heavy (non-hydrogen) atoms. The predicted molar refractivity (Wildman–Crippen MR) is 80.7 cm³/mol. The van der Waals surface area contributed by atoms with Gasteiger partial charge in [-0.3, -0.25) is 4.79 Å². The molecule has 0 saturated heterocycles. The summed E-state index contributed by atoms with van der Waals surface area (Å²) in [7, 11) is 0. The summed E-state index contributed by atoms with van der Waals surface area (Å²) < 4.78 is 0. The first-order valence-electron chi connectivity index (χ1n) is 5.65. The average Bonchev–Trinajstić information content (AvgIpc) is 2.34. The van der Waals surface area contributed by atoms with Crippen LogP contribution in [0.25, 0.3) is 0 Å². The van der Waals surface area contributed by atoms with Crippen LogP contribution in [0.4, 0.5) is 11.4 Å². The molecule has 0 radical (unpaired) electrons. The van der Waals surface area contributed by atoms with Crippen LogP contribution in [0.5, 0.6) is 0 Å². The van der Waals surface area contributed by atoms with Crippen LogP contribution in [-0.4, -0.2) is 5.91 Å². The third-order valence-electron chi connectivity index (χ3n) is 2.37. The van der Waals surface area contributed by atoms with E-state index in [4.69, 9.17) is 17.3 Å². The van der Waals surface area contributed by atoms with Crippen molar-refractivity contribution in [2.75, 3.05) is 11.1 Å². The molecule has 0 spiro atoms. The fraction of sp³-hybridized carbons (Fsp3) is 0.0714. The van der Waals surface area contributed by atoms with E-state index in [2.05, 4.69) is 5.32 Å². The van der Waals surface area contributed by atoms with E-state index in [-0.39, 0.29) is 5.91 Å². The molecule has 1 amide bonds. The Morgan fingerprint density at radius 2 is 1.89 bits per heavy atom. The number of halogens is 1. The Kier molecular flexibility index (Phi) is 4.35. The molecule has 0 aliphatic rings. The molecule has 0 bridgehead atoms. The van der Waals surface area contributed by atoms with Gasteiger partial charge < -0.3 is 11.1 Å². The summed E-state index contributed by atoms with van der Waals surface area (Å²) in [6, 6.07) is 13.0. The maximum absolute atomic E-state index is 10.9. The van der Waals surface area contributed by atoms with Crippen molar-refractivity contribution in [3.63, 3.8) is 0 Å². The monoisotopic (exact) mass is 292 g/mol. The van der Waals surface area contributed by atoms with E-state index >= 15 is 0 Å². The third-order valence-corrected chi connectivity index (χ3v) is 3.71. The van der Waals surface area contributed by atoms with Crippen LogP contribution in [0.2, 0.25) is 5.02 Å². The molecule has 2 rings (SSSR count). The van der Waals surface area contributed by atoms with Crippen molar-refractivity contribution in [2.24, 2.45) is 0 Å². The Balaban J connectivity index is 2.13. The van der Waals surface area contributed by atoms with Gasteiger partial charge in [-0.15, -0.1) is 0 Å². The maximum Gasteiger partial charge on any atom is 0.221 e. The van der Waals surface area contributed by atoms with E-state index in [1.54, 1.807) is 17.8 Å². The highest BCUT2D eigenvalue weighted by Crippen LogP contribution is 2.33. The number of amides is 1. The second-order valence-corrected chi connectivity index (χ2v) is 5.54. The molecular weight excluding hydrogens is 280 g/mol. The fourth-order valence-corrected chi connectivity index (χ4v) is 2.57. The highest BCUT2D eigenvalue weighted by atomic mass is 35.5. The van der Waals surface area contributed by atoms with Crippen molar-refractivity contribution >= 4 is 40.6 Å². The second-order valence-electron chi connectivity index (χ2n) is 3.99. The van der Waals surface area contributed by atoms with Gasteiger partial charge in [-0.2, -0.15) is 0 Å². The van der Waals surface area contributed by atoms with E-state index in [1.807, 2.05) is 36.4 Å². The van der Waals surface area contributed by atoms with Crippen LogP contribution in [0.1, 0.15) is 6.92 Å². The summed E-state index contributed by atoms with van der Waals surface area (Å²) in [4.78, 5) is 12.9. The largest absolute Gasteiger partial charge is 0.398 e. The Morgan fingerprint density at radius 1 is 1.21 bits per heavy atom. The molecule has 3 N–H and O–H groups in total. The van der Waals surface area contributed by atoms with Crippen molar-refractivity contribution in [3.8, 4) is 0 Å². The van der Waals surface area contributed by atoms with E-state index in [1.165, 1.54) is 6.92 Å². The number of nitrogens with one attached hydrogen (secondary N) is 1. The first-order valence-corrected chi connectivity index (χ1v) is 6.84. The predicted octanol–water partition coefficient (Wildman–Crippen LogP) is 4.03. The third kappa shape index (κ3) is 3.91. The molecule has 3 nitrogen and oxygen atoms in total. The smallest absolute Gasteiger partial charge is 0.221 e. The van der Waals surface area contributed by atoms with Gasteiger partial charge in [0.25, 0.3) is 0 Å². The summed E-state index contributed by atoms with van der Waals surface area (Å²) in [6.45, 7) is 1.48. The fourth-order valence-electron chi connectivity index (χ4n) is 1.55. The number of nitrogen functional groups attached to an aromatic ring is 1. The summed E-state index contributed by atoms with van der Waals surface area (Å²) in [5.74, 6) is -0.0812. The number of hydrogen-bond acceptors (Lipinski definition) is 3. The zero-order chi connectivity index (χ0) is 13.8. The molecular formula is C14H13ClN2OS. The molecule has 0 heterocycles. The molecule has 5 heteroatoms. The lowest BCUT2D eigenvalue weighted by Crippen LogP contribution is -2.05. The summed E-state index contributed by atoms with van der Waals surface area (Å²) in [6.07, 6.45) is 0. The van der Waals surface area contributed by atoms with Gasteiger partial charge in [-0.05, 0) is 42.5 Å². The molecule has 0 aliphatic heterocycles. The minimum Gasteiger partial charge on any atom is -0.398 e. The van der Waals surface area contributed by atoms with Crippen molar-refractivity contribution < 1.29 is 4.79 Å². The van der Waals surface area contributed by atoms with Gasteiger partial charge >= 0.3 is 0 Å². The number of benzene rings is 2. The van der Waals surface area contributed by atoms with Crippen molar-refractivity contribution in [1.29, 1.82) is 0 Å². The quantitative estimate of drug-likeness (QED) is 0.840. The Hall–Kier alpha value is -1.65. The van der Waals surface area contributed by atoms with Gasteiger partial charge in [0.1, 0.15) is 0 Å². The highest BCUT2D eigenvalue weighted by Gasteiger charge is 2.03. The number of anilines is 2. The van der Waals surface area contributed by atoms with Gasteiger partial charge in [0.05, 0.1) is 0 Å². The van der Waals surface area contributed by atoms with Gasteiger partial charge in [-0.25, -0.2) is 0 Å². The molecule has 0 saturated carbocycles. The van der Waals surface area contributed by atoms with Crippen LogP contribution < -0.4 is 11.1 Å². The molecule has 98 valence electrons. The molecule has 0 aromatic heterocycles. The standard InChI is InChI=1S/C14H13ClN2OS/c1-9(18)17-11-3-5-12(6-4-11)19-14-7-2-10(15)8-13(14)16/h2-8H,16H2,1H3,(H,17,18). The lowest BCUT2D eigenvalue weighted by molar-refractivity contribution is -0.114. The topological polar surface area (TPSA) is 55.1 Å². The molecule has 0 fully saturated rings. The van der Waals surface area contributed by atoms with Gasteiger partial charge in [0, 0.05) is 33.1 Å². The molecule has 2 aromatic rings. The summed E-state index contributed by atoms with van der Waals surface area (Å²) in [5, 5.41) is 3.35. The molecule has 2 aromatic carbocycles. The van der Waals surface area contributed by atoms with Crippen molar-refractivity contribution in [3.05, 3.63) is 47.5 Å². The van der Waals surface area contributed by atoms with E-state index in [0.29, 0.717) is 10.7 Å². The number of carbonyl (C=O) groups excluding carboxylic acids is 1. The average molecular weight is 293 g/mol. The van der Waals surface area contributed by atoms with E-state index in [0.717, 1.165) is 15.5 Å². The van der Waals surface area contributed by atoms with Gasteiger partial charge in [0.2, 0.25) is 5.91 Å². The first-order chi connectivity index (χ1) is 9.04. The van der Waals surface area contributed by atoms with E-state index < -0.39 is 0 Å². The zero-order valence-electron chi connectivity index (χ0n) is 10.3. The Bertz CT molecular complexity index is 599. The van der Waals surface area contributed by atoms with Crippen molar-refractivity contribution in [2.45, 2.75) is 16.7 Å². The number of nitrogens with two attached hydrogens (primary N) is 1. The van der Waals surface area contributed by atoms with Gasteiger partial charge in [0.15, 0.2) is 0 Å². The molecule has 0 aliphatic carbocycles. The molecule has 0 atom stereocenters. The van der Waals surface area contributed by atoms with Crippen molar-refractivity contribution in [1.82, 2.24) is 0 Å². The Labute approximate surface area is 121 Å². The van der Waals surface area contributed by atoms with Crippen LogP contribution in [0, 0.1) is 0 Å². The zero-order valence-corrected chi connectivity index (χ0v) is 11.9. The lowest BCUT2D eigenvalue weighted by Gasteiger charge is -2.07. The summed E-state index contributed by atoms with van der Waals surface area (Å²) >= 11 is 7.41. The van der Waals surface area contributed by atoms with Crippen LogP contribution in [0.15, 0.2) is 52.3 Å². The van der Waals surface area contributed by atoms with Crippen LogP contribution in [0.3, 0.4) is 0 Å². The summed E-state index contributed by atoms with van der Waals surface area (Å²) in [5.41, 5.74) is 7.34. The Morgan fingerprint density at radius 3 is 2.47 bits per heavy atom. The lowest BCUT2D eigenvalue weighted by atomic mass is 10.3. The first kappa shape index (κ1) is 13.8. The number of carbonyl (C=O) groups is 1. The molecule has 0 unspecified atom stereocenters. The normalized spacial score (nSPS) is 10.2. The van der Waals surface area contributed by atoms with Crippen LogP contribution >= 0.6 is 23.4 Å². The highest BCUT2D eigenvalue weighted by molar-refractivity contribution is 7.99. The number of hydrogen-bond donors (Lipinski definition) is 2. The SMILES string of the molecule is CC(=O)Nc1ccc(Sc2ccc(Cl)cc2N)cc1. The van der Waals surface area contributed by atoms with Gasteiger partial charge in [-0.1, -0.05) is 23.4 Å². The number of rotatable bonds is 3.